The van der Waals surface area contributed by atoms with E-state index in [1.807, 2.05) is 20.8 Å². The van der Waals surface area contributed by atoms with E-state index in [2.05, 4.69) is 0 Å². The molecular formula is C14H20ClFO2. The summed E-state index contributed by atoms with van der Waals surface area (Å²) >= 11 is 5.87. The molecule has 1 aromatic rings. The Balaban J connectivity index is 2.79. The number of aliphatic hydroxyl groups excluding tert-OH is 1. The van der Waals surface area contributed by atoms with Gasteiger partial charge >= 0.3 is 0 Å². The van der Waals surface area contributed by atoms with Gasteiger partial charge in [-0.25, -0.2) is 4.39 Å². The summed E-state index contributed by atoms with van der Waals surface area (Å²) in [5, 5.41) is 10.3. The van der Waals surface area contributed by atoms with Crippen LogP contribution < -0.4 is 0 Å². The summed E-state index contributed by atoms with van der Waals surface area (Å²) in [5.41, 5.74) is 0.606. The molecule has 0 aromatic heterocycles. The van der Waals surface area contributed by atoms with Crippen molar-refractivity contribution in [2.24, 2.45) is 5.92 Å². The maximum absolute atomic E-state index is 13.3. The van der Waals surface area contributed by atoms with Crippen molar-refractivity contribution in [1.29, 1.82) is 0 Å². The molecule has 2 nitrogen and oxygen atoms in total. The fraction of sp³-hybridized carbons (Fsp3) is 0.571. The van der Waals surface area contributed by atoms with Crippen molar-refractivity contribution in [2.75, 3.05) is 6.61 Å². The van der Waals surface area contributed by atoms with Crippen LogP contribution in [-0.2, 0) is 11.2 Å². The summed E-state index contributed by atoms with van der Waals surface area (Å²) in [5.74, 6) is -0.272. The van der Waals surface area contributed by atoms with Gasteiger partial charge in [-0.3, -0.25) is 0 Å². The summed E-state index contributed by atoms with van der Waals surface area (Å²) < 4.78 is 18.8. The first-order valence-electron chi connectivity index (χ1n) is 6.19. The molecular weight excluding hydrogens is 255 g/mol. The summed E-state index contributed by atoms with van der Waals surface area (Å²) in [6, 6.07) is 4.62. The van der Waals surface area contributed by atoms with Gasteiger partial charge in [0.25, 0.3) is 0 Å². The van der Waals surface area contributed by atoms with Crippen molar-refractivity contribution >= 4 is 11.6 Å². The highest BCUT2D eigenvalue weighted by molar-refractivity contribution is 6.31. The predicted octanol–water partition coefficient (Wildman–Crippen LogP) is 3.44. The third kappa shape index (κ3) is 3.94. The number of hydrogen-bond acceptors (Lipinski definition) is 2. The molecule has 1 aromatic carbocycles. The lowest BCUT2D eigenvalue weighted by Gasteiger charge is -2.26. The smallest absolute Gasteiger partial charge is 0.142 e. The van der Waals surface area contributed by atoms with Gasteiger partial charge in [-0.05, 0) is 24.5 Å². The van der Waals surface area contributed by atoms with Gasteiger partial charge < -0.3 is 9.84 Å². The van der Waals surface area contributed by atoms with Crippen LogP contribution in [0.15, 0.2) is 18.2 Å². The van der Waals surface area contributed by atoms with Gasteiger partial charge in [-0.1, -0.05) is 37.6 Å². The third-order valence-corrected chi connectivity index (χ3v) is 3.28. The number of hydrogen-bond donors (Lipinski definition) is 1. The minimum Gasteiger partial charge on any atom is -0.390 e. The molecule has 0 aliphatic rings. The largest absolute Gasteiger partial charge is 0.390 e. The molecule has 0 saturated carbocycles. The molecule has 0 spiro atoms. The molecule has 0 aliphatic carbocycles. The zero-order chi connectivity index (χ0) is 13.7. The van der Waals surface area contributed by atoms with Crippen LogP contribution in [0.1, 0.15) is 26.3 Å². The Bertz CT molecular complexity index is 382. The van der Waals surface area contributed by atoms with Gasteiger partial charge in [0.2, 0.25) is 0 Å². The molecule has 0 heterocycles. The van der Waals surface area contributed by atoms with Gasteiger partial charge in [0.1, 0.15) is 5.82 Å². The molecule has 1 N–H and O–H groups in total. The van der Waals surface area contributed by atoms with Gasteiger partial charge in [0.05, 0.1) is 17.2 Å². The van der Waals surface area contributed by atoms with E-state index in [0.29, 0.717) is 18.6 Å². The molecule has 102 valence electrons. The monoisotopic (exact) mass is 274 g/mol. The lowest BCUT2D eigenvalue weighted by molar-refractivity contribution is -0.0562. The van der Waals surface area contributed by atoms with Crippen LogP contribution in [0, 0.1) is 11.7 Å². The van der Waals surface area contributed by atoms with E-state index in [9.17, 15) is 9.50 Å². The van der Waals surface area contributed by atoms with Crippen LogP contribution in [-0.4, -0.2) is 23.9 Å². The molecule has 2 atom stereocenters. The van der Waals surface area contributed by atoms with Crippen LogP contribution in [0.4, 0.5) is 4.39 Å². The number of aliphatic hydroxyl groups is 1. The third-order valence-electron chi connectivity index (χ3n) is 2.86. The van der Waals surface area contributed by atoms with E-state index >= 15 is 0 Å². The zero-order valence-corrected chi connectivity index (χ0v) is 11.7. The molecule has 0 fully saturated rings. The minimum absolute atomic E-state index is 0.0792. The van der Waals surface area contributed by atoms with Gasteiger partial charge in [-0.15, -0.1) is 0 Å². The first-order chi connectivity index (χ1) is 8.47. The highest BCUT2D eigenvalue weighted by Crippen LogP contribution is 2.23. The van der Waals surface area contributed by atoms with Crippen LogP contribution in [0.3, 0.4) is 0 Å². The Morgan fingerprint density at radius 1 is 1.39 bits per heavy atom. The molecule has 18 heavy (non-hydrogen) atoms. The lowest BCUT2D eigenvalue weighted by atomic mass is 9.96. The first kappa shape index (κ1) is 15.4. The normalized spacial score (nSPS) is 14.8. The van der Waals surface area contributed by atoms with E-state index in [-0.39, 0.29) is 17.0 Å². The summed E-state index contributed by atoms with van der Waals surface area (Å²) in [4.78, 5) is 0. The van der Waals surface area contributed by atoms with Crippen LogP contribution in [0.25, 0.3) is 0 Å². The van der Waals surface area contributed by atoms with E-state index in [4.69, 9.17) is 16.3 Å². The van der Waals surface area contributed by atoms with Crippen LogP contribution in [0.5, 0.6) is 0 Å². The Morgan fingerprint density at radius 2 is 2.06 bits per heavy atom. The van der Waals surface area contributed by atoms with Crippen molar-refractivity contribution in [3.8, 4) is 0 Å². The Kier molecular flexibility index (Phi) is 6.06. The van der Waals surface area contributed by atoms with Crippen molar-refractivity contribution in [1.82, 2.24) is 0 Å². The second kappa shape index (κ2) is 7.07. The number of halogens is 2. The van der Waals surface area contributed by atoms with Gasteiger partial charge in [0, 0.05) is 13.0 Å². The molecule has 0 saturated heterocycles. The minimum atomic E-state index is -0.691. The number of benzene rings is 1. The van der Waals surface area contributed by atoms with Crippen molar-refractivity contribution in [2.45, 2.75) is 39.4 Å². The average Bonchev–Trinajstić information content (AvgIpc) is 2.31. The summed E-state index contributed by atoms with van der Waals surface area (Å²) in [6.07, 6.45) is -0.669. The highest BCUT2D eigenvalue weighted by Gasteiger charge is 2.24. The van der Waals surface area contributed by atoms with E-state index < -0.39 is 11.9 Å². The Hall–Kier alpha value is -0.640. The van der Waals surface area contributed by atoms with E-state index in [0.717, 1.165) is 0 Å². The topological polar surface area (TPSA) is 29.5 Å². The molecule has 2 unspecified atom stereocenters. The molecule has 0 bridgehead atoms. The highest BCUT2D eigenvalue weighted by atomic mass is 35.5. The SMILES string of the molecule is CCOC(C(C)C)C(O)Cc1cccc(F)c1Cl. The summed E-state index contributed by atoms with van der Waals surface area (Å²) in [6.45, 7) is 6.39. The number of ether oxygens (including phenoxy) is 1. The van der Waals surface area contributed by atoms with Gasteiger partial charge in [-0.2, -0.15) is 0 Å². The molecule has 0 aliphatic heterocycles. The lowest BCUT2D eigenvalue weighted by Crippen LogP contribution is -2.35. The zero-order valence-electron chi connectivity index (χ0n) is 11.0. The first-order valence-corrected chi connectivity index (χ1v) is 6.57. The standard InChI is InChI=1S/C14H20ClFO2/c1-4-18-14(9(2)3)12(17)8-10-6-5-7-11(16)13(10)15/h5-7,9,12,14,17H,4,8H2,1-3H3. The Labute approximate surface area is 113 Å². The number of rotatable bonds is 6. The van der Waals surface area contributed by atoms with Crippen molar-refractivity contribution in [3.63, 3.8) is 0 Å². The predicted molar refractivity (Wildman–Crippen MR) is 71.4 cm³/mol. The van der Waals surface area contributed by atoms with E-state index in [1.165, 1.54) is 6.07 Å². The van der Waals surface area contributed by atoms with Crippen LogP contribution in [0.2, 0.25) is 5.02 Å². The van der Waals surface area contributed by atoms with E-state index in [1.54, 1.807) is 12.1 Å². The fourth-order valence-corrected chi connectivity index (χ4v) is 2.19. The molecule has 1 rings (SSSR count). The average molecular weight is 275 g/mol. The van der Waals surface area contributed by atoms with Gasteiger partial charge in [0.15, 0.2) is 0 Å². The summed E-state index contributed by atoms with van der Waals surface area (Å²) in [7, 11) is 0. The Morgan fingerprint density at radius 3 is 2.61 bits per heavy atom. The molecule has 0 radical (unpaired) electrons. The second-order valence-corrected chi connectivity index (χ2v) is 5.03. The molecule has 4 heteroatoms. The fourth-order valence-electron chi connectivity index (χ4n) is 1.99. The second-order valence-electron chi connectivity index (χ2n) is 4.65. The van der Waals surface area contributed by atoms with Crippen molar-refractivity contribution in [3.05, 3.63) is 34.6 Å². The molecule has 0 amide bonds. The quantitative estimate of drug-likeness (QED) is 0.861. The maximum Gasteiger partial charge on any atom is 0.142 e. The van der Waals surface area contributed by atoms with Crippen LogP contribution >= 0.6 is 11.6 Å². The van der Waals surface area contributed by atoms with Crippen molar-refractivity contribution < 1.29 is 14.2 Å². The maximum atomic E-state index is 13.3.